The molecule has 5 nitrogen and oxygen atoms in total. The van der Waals surface area contributed by atoms with E-state index in [1.807, 2.05) is 30.3 Å². The summed E-state index contributed by atoms with van der Waals surface area (Å²) in [5, 5.41) is 3.15. The van der Waals surface area contributed by atoms with Crippen LogP contribution in [0.1, 0.15) is 0 Å². The van der Waals surface area contributed by atoms with Crippen LogP contribution in [0.5, 0.6) is 11.5 Å². The van der Waals surface area contributed by atoms with Crippen LogP contribution in [-0.4, -0.2) is 11.8 Å². The number of nitrogens with one attached hydrogen (secondary N) is 1. The van der Waals surface area contributed by atoms with Crippen molar-refractivity contribution < 1.29 is 14.3 Å². The average molecular weight is 425 g/mol. The third-order valence-corrected chi connectivity index (χ3v) is 4.78. The van der Waals surface area contributed by atoms with E-state index in [0.717, 1.165) is 4.90 Å². The fraction of sp³-hybridized carbons (Fsp3) is 0. The van der Waals surface area contributed by atoms with Crippen molar-refractivity contribution in [2.75, 3.05) is 10.2 Å². The number of ether oxygens (including phenoxy) is 1. The maximum absolute atomic E-state index is 12.8. The van der Waals surface area contributed by atoms with Gasteiger partial charge in [0.15, 0.2) is 0 Å². The average Bonchev–Trinajstić information content (AvgIpc) is 2.93. The molecule has 0 saturated heterocycles. The topological polar surface area (TPSA) is 58.6 Å². The van der Waals surface area contributed by atoms with Crippen molar-refractivity contribution in [1.29, 1.82) is 0 Å². The monoisotopic (exact) mass is 424 g/mol. The van der Waals surface area contributed by atoms with Crippen molar-refractivity contribution in [1.82, 2.24) is 0 Å². The van der Waals surface area contributed by atoms with Crippen LogP contribution in [0.15, 0.2) is 89.6 Å². The third kappa shape index (κ3) is 3.97. The first-order valence-corrected chi connectivity index (χ1v) is 9.42. The number of rotatable bonds is 5. The smallest absolute Gasteiger partial charge is 0.283 e. The molecule has 0 spiro atoms. The van der Waals surface area contributed by atoms with Gasteiger partial charge in [0.05, 0.1) is 5.69 Å². The predicted octanol–water partition coefficient (Wildman–Crippen LogP) is 5.57. The molecule has 144 valence electrons. The second-order valence-electron chi connectivity index (χ2n) is 6.18. The highest BCUT2D eigenvalue weighted by atomic mass is 35.5. The molecule has 7 heteroatoms. The highest BCUT2D eigenvalue weighted by Gasteiger charge is 2.39. The number of amides is 2. The van der Waals surface area contributed by atoms with Crippen molar-refractivity contribution in [2.24, 2.45) is 0 Å². The maximum atomic E-state index is 12.8. The summed E-state index contributed by atoms with van der Waals surface area (Å²) < 4.78 is 5.74. The number of para-hydroxylation sites is 1. The second-order valence-corrected chi connectivity index (χ2v) is 6.99. The molecule has 4 rings (SSSR count). The van der Waals surface area contributed by atoms with Gasteiger partial charge in [-0.15, -0.1) is 0 Å². The van der Waals surface area contributed by atoms with Gasteiger partial charge in [-0.25, -0.2) is 4.90 Å². The number of carbonyl (C=O) groups excluding carboxylic acids is 2. The van der Waals surface area contributed by atoms with Gasteiger partial charge < -0.3 is 10.1 Å². The van der Waals surface area contributed by atoms with Crippen LogP contribution < -0.4 is 15.0 Å². The lowest BCUT2D eigenvalue weighted by Crippen LogP contribution is -2.32. The summed E-state index contributed by atoms with van der Waals surface area (Å²) in [6.45, 7) is 0. The summed E-state index contributed by atoms with van der Waals surface area (Å²) in [5.74, 6) is 0.196. The van der Waals surface area contributed by atoms with Crippen molar-refractivity contribution >= 4 is 46.4 Å². The van der Waals surface area contributed by atoms with E-state index in [9.17, 15) is 9.59 Å². The number of benzene rings is 3. The first-order valence-electron chi connectivity index (χ1n) is 8.67. The number of anilines is 2. The van der Waals surface area contributed by atoms with Gasteiger partial charge in [-0.2, -0.15) is 0 Å². The fourth-order valence-corrected chi connectivity index (χ4v) is 3.23. The van der Waals surface area contributed by atoms with Gasteiger partial charge in [0.1, 0.15) is 22.2 Å². The zero-order chi connectivity index (χ0) is 20.4. The largest absolute Gasteiger partial charge is 0.457 e. The van der Waals surface area contributed by atoms with Crippen LogP contribution in [0.25, 0.3) is 0 Å². The number of hydrogen-bond donors (Lipinski definition) is 1. The molecule has 2 amide bonds. The molecule has 0 fully saturated rings. The van der Waals surface area contributed by atoms with Gasteiger partial charge in [-0.3, -0.25) is 9.59 Å². The Labute approximate surface area is 177 Å². The van der Waals surface area contributed by atoms with Crippen LogP contribution in [0.3, 0.4) is 0 Å². The zero-order valence-electron chi connectivity index (χ0n) is 14.9. The highest BCUT2D eigenvalue weighted by molar-refractivity contribution is 6.53. The van der Waals surface area contributed by atoms with E-state index in [1.165, 1.54) is 6.07 Å². The first kappa shape index (κ1) is 19.1. The van der Waals surface area contributed by atoms with E-state index < -0.39 is 11.8 Å². The minimum atomic E-state index is -0.606. The Morgan fingerprint density at radius 3 is 2.14 bits per heavy atom. The molecule has 0 aliphatic carbocycles. The maximum Gasteiger partial charge on any atom is 0.283 e. The number of halogens is 2. The van der Waals surface area contributed by atoms with E-state index in [-0.39, 0.29) is 10.7 Å². The van der Waals surface area contributed by atoms with Crippen molar-refractivity contribution in [3.63, 3.8) is 0 Å². The molecule has 1 N–H and O–H groups in total. The second kappa shape index (κ2) is 7.99. The van der Waals surface area contributed by atoms with E-state index in [0.29, 0.717) is 27.9 Å². The number of hydrogen-bond acceptors (Lipinski definition) is 4. The summed E-state index contributed by atoms with van der Waals surface area (Å²) >= 11 is 12.1. The minimum Gasteiger partial charge on any atom is -0.457 e. The summed E-state index contributed by atoms with van der Waals surface area (Å²) in [5.41, 5.74) is 0.954. The molecule has 3 aromatic carbocycles. The van der Waals surface area contributed by atoms with E-state index >= 15 is 0 Å². The van der Waals surface area contributed by atoms with Gasteiger partial charge in [0, 0.05) is 10.7 Å². The van der Waals surface area contributed by atoms with Gasteiger partial charge in [0.2, 0.25) is 0 Å². The Morgan fingerprint density at radius 2 is 1.45 bits per heavy atom. The molecule has 1 aliphatic rings. The summed E-state index contributed by atoms with van der Waals surface area (Å²) in [6, 6.07) is 22.8. The molecule has 0 aromatic heterocycles. The van der Waals surface area contributed by atoms with Crippen LogP contribution in [0, 0.1) is 0 Å². The van der Waals surface area contributed by atoms with Crippen molar-refractivity contribution in [3.8, 4) is 11.5 Å². The molecule has 0 saturated carbocycles. The van der Waals surface area contributed by atoms with Crippen molar-refractivity contribution in [3.05, 3.63) is 94.6 Å². The lowest BCUT2D eigenvalue weighted by atomic mass is 10.2. The van der Waals surface area contributed by atoms with Gasteiger partial charge in [-0.05, 0) is 54.6 Å². The minimum absolute atomic E-state index is 0.00775. The molecule has 0 unspecified atom stereocenters. The van der Waals surface area contributed by atoms with Crippen molar-refractivity contribution in [2.45, 2.75) is 0 Å². The number of nitrogens with zero attached hydrogens (tertiary/aromatic N) is 1. The Morgan fingerprint density at radius 1 is 0.759 bits per heavy atom. The fourth-order valence-electron chi connectivity index (χ4n) is 2.84. The van der Waals surface area contributed by atoms with Gasteiger partial charge in [0.25, 0.3) is 11.8 Å². The predicted molar refractivity (Wildman–Crippen MR) is 113 cm³/mol. The van der Waals surface area contributed by atoms with Gasteiger partial charge in [-0.1, -0.05) is 47.5 Å². The quantitative estimate of drug-likeness (QED) is 0.544. The van der Waals surface area contributed by atoms with Crippen LogP contribution in [0.2, 0.25) is 5.02 Å². The zero-order valence-corrected chi connectivity index (χ0v) is 16.4. The molecular weight excluding hydrogens is 411 g/mol. The van der Waals surface area contributed by atoms with Crippen LogP contribution in [-0.2, 0) is 9.59 Å². The summed E-state index contributed by atoms with van der Waals surface area (Å²) in [7, 11) is 0. The van der Waals surface area contributed by atoms with Crippen LogP contribution >= 0.6 is 23.2 Å². The lowest BCUT2D eigenvalue weighted by Gasteiger charge is -2.15. The highest BCUT2D eigenvalue weighted by Crippen LogP contribution is 2.32. The normalized spacial score (nSPS) is 13.8. The van der Waals surface area contributed by atoms with E-state index in [4.69, 9.17) is 27.9 Å². The van der Waals surface area contributed by atoms with Gasteiger partial charge >= 0.3 is 0 Å². The Kier molecular flexibility index (Phi) is 5.25. The molecule has 29 heavy (non-hydrogen) atoms. The molecule has 1 heterocycles. The summed E-state index contributed by atoms with van der Waals surface area (Å²) in [6.07, 6.45) is 0. The molecule has 1 aliphatic heterocycles. The standard InChI is InChI=1S/C22H14Cl2N2O3/c23-14-5-4-6-16(13-14)26-21(27)19(24)20(22(26)28)25-15-9-11-18(12-10-15)29-17-7-2-1-3-8-17/h1-13,25H. The lowest BCUT2D eigenvalue weighted by molar-refractivity contribution is -0.120. The number of carbonyl (C=O) groups is 2. The molecule has 0 radical (unpaired) electrons. The Balaban J connectivity index is 1.51. The molecule has 0 bridgehead atoms. The Hall–Kier alpha value is -3.28. The van der Waals surface area contributed by atoms with E-state index in [1.54, 1.807) is 42.5 Å². The molecule has 3 aromatic rings. The van der Waals surface area contributed by atoms with Crippen LogP contribution in [0.4, 0.5) is 11.4 Å². The molecular formula is C22H14Cl2N2O3. The van der Waals surface area contributed by atoms with E-state index in [2.05, 4.69) is 5.32 Å². The number of imide groups is 1. The first-order chi connectivity index (χ1) is 14.0. The SMILES string of the molecule is O=C1C(Cl)=C(Nc2ccc(Oc3ccccc3)cc2)C(=O)N1c1cccc(Cl)c1. The molecule has 0 atom stereocenters. The Bertz CT molecular complexity index is 1110. The summed E-state index contributed by atoms with van der Waals surface area (Å²) in [4.78, 5) is 26.3. The third-order valence-electron chi connectivity index (χ3n) is 4.20.